The molecule has 2 N–H and O–H groups in total. The predicted octanol–water partition coefficient (Wildman–Crippen LogP) is 7.17. The third-order valence-electron chi connectivity index (χ3n) is 8.34. The summed E-state index contributed by atoms with van der Waals surface area (Å²) < 4.78 is 86.5. The van der Waals surface area contributed by atoms with Gasteiger partial charge in [-0.05, 0) is 69.5 Å². The zero-order chi connectivity index (χ0) is 36.4. The molecule has 50 heavy (non-hydrogen) atoms. The van der Waals surface area contributed by atoms with Gasteiger partial charge in [-0.1, -0.05) is 18.2 Å². The predicted molar refractivity (Wildman–Crippen MR) is 184 cm³/mol. The van der Waals surface area contributed by atoms with Crippen LogP contribution in [0.3, 0.4) is 0 Å². The van der Waals surface area contributed by atoms with Gasteiger partial charge in [-0.3, -0.25) is 14.2 Å². The van der Waals surface area contributed by atoms with Gasteiger partial charge in [0.1, 0.15) is 11.5 Å². The largest absolute Gasteiger partial charge is 0.365 e. The normalized spacial score (nSPS) is 15.5. The number of rotatable bonds is 11. The maximum absolute atomic E-state index is 16.6. The van der Waals surface area contributed by atoms with Crippen LogP contribution in [0.5, 0.6) is 0 Å². The number of carbonyl (C=O) groups is 1. The molecule has 2 aromatic carbocycles. The second-order valence-corrected chi connectivity index (χ2v) is 14.7. The number of piperidine rings is 1. The van der Waals surface area contributed by atoms with Gasteiger partial charge in [0.15, 0.2) is 5.82 Å². The molecule has 2 unspecified atom stereocenters. The molecule has 0 bridgehead atoms. The molecular formula is C35H41F3N6O5S. The fraction of sp³-hybridized carbons (Fsp3) is 0.400. The highest BCUT2D eigenvalue weighted by molar-refractivity contribution is 7.92. The number of alkyl halides is 2. The molecule has 0 radical (unpaired) electrons. The van der Waals surface area contributed by atoms with Crippen LogP contribution in [-0.4, -0.2) is 66.8 Å². The maximum atomic E-state index is 16.6. The topological polar surface area (TPSA) is 128 Å². The van der Waals surface area contributed by atoms with Crippen LogP contribution in [0.25, 0.3) is 22.4 Å². The molecule has 15 heteroatoms. The van der Waals surface area contributed by atoms with Crippen LogP contribution in [0.15, 0.2) is 65.8 Å². The zero-order valence-corrected chi connectivity index (χ0v) is 29.5. The van der Waals surface area contributed by atoms with Crippen molar-refractivity contribution in [3.8, 4) is 22.4 Å². The van der Waals surface area contributed by atoms with Gasteiger partial charge in [-0.15, -0.1) is 0 Å². The summed E-state index contributed by atoms with van der Waals surface area (Å²) >= 11 is 0. The summed E-state index contributed by atoms with van der Waals surface area (Å²) in [6, 6.07) is 10.9. The summed E-state index contributed by atoms with van der Waals surface area (Å²) in [5.41, 5.74) is 0.191. The van der Waals surface area contributed by atoms with Crippen molar-refractivity contribution in [2.45, 2.75) is 69.7 Å². The Kier molecular flexibility index (Phi) is 10.9. The molecule has 1 amide bonds. The van der Waals surface area contributed by atoms with Crippen LogP contribution in [0.4, 0.5) is 24.7 Å². The number of methoxy groups -OCH3 is 2. The monoisotopic (exact) mass is 714 g/mol. The fourth-order valence-corrected chi connectivity index (χ4v) is 7.17. The number of nitrogens with one attached hydrogen (secondary N) is 2. The number of benzene rings is 2. The van der Waals surface area contributed by atoms with E-state index in [1.165, 1.54) is 31.2 Å². The molecule has 0 saturated carbocycles. The minimum absolute atomic E-state index is 0.000274. The second kappa shape index (κ2) is 14.8. The number of hydrogen-bond donors (Lipinski definition) is 2. The molecule has 0 aliphatic carbocycles. The summed E-state index contributed by atoms with van der Waals surface area (Å²) in [5.74, 6) is -0.346. The first-order chi connectivity index (χ1) is 23.6. The highest BCUT2D eigenvalue weighted by Gasteiger charge is 2.29. The van der Waals surface area contributed by atoms with E-state index in [4.69, 9.17) is 9.84 Å². The average molecular weight is 715 g/mol. The lowest BCUT2D eigenvalue weighted by Gasteiger charge is -2.31. The first-order valence-corrected chi connectivity index (χ1v) is 17.5. The Labute approximate surface area is 289 Å². The molecule has 4 aromatic rings. The Morgan fingerprint density at radius 3 is 2.34 bits per heavy atom. The van der Waals surface area contributed by atoms with Gasteiger partial charge >= 0.3 is 0 Å². The maximum Gasteiger partial charge on any atom is 0.262 e. The Morgan fingerprint density at radius 2 is 1.70 bits per heavy atom. The Bertz CT molecular complexity index is 1960. The number of sulfonamides is 1. The van der Waals surface area contributed by atoms with Crippen molar-refractivity contribution in [2.75, 3.05) is 37.3 Å². The van der Waals surface area contributed by atoms with Crippen molar-refractivity contribution in [1.29, 1.82) is 0 Å². The minimum Gasteiger partial charge on any atom is -0.365 e. The van der Waals surface area contributed by atoms with Gasteiger partial charge in [-0.25, -0.2) is 26.6 Å². The number of halogens is 3. The van der Waals surface area contributed by atoms with Crippen LogP contribution in [0, 0.1) is 5.82 Å². The molecule has 2 atom stereocenters. The molecule has 3 heterocycles. The molecule has 268 valence electrons. The van der Waals surface area contributed by atoms with Crippen molar-refractivity contribution in [2.24, 2.45) is 0 Å². The summed E-state index contributed by atoms with van der Waals surface area (Å²) in [6.45, 7) is 8.61. The molecule has 5 rings (SSSR count). The fourth-order valence-electron chi connectivity index (χ4n) is 5.85. The average Bonchev–Trinajstić information content (AvgIpc) is 3.53. The molecule has 1 aliphatic heterocycles. The number of anilines is 2. The summed E-state index contributed by atoms with van der Waals surface area (Å²) in [5, 5.41) is 8.17. The molecule has 1 aliphatic rings. The van der Waals surface area contributed by atoms with E-state index in [9.17, 15) is 22.0 Å². The third kappa shape index (κ3) is 8.11. The van der Waals surface area contributed by atoms with Crippen LogP contribution < -0.4 is 10.0 Å². The summed E-state index contributed by atoms with van der Waals surface area (Å²) in [4.78, 5) is 17.5. The van der Waals surface area contributed by atoms with Crippen molar-refractivity contribution in [1.82, 2.24) is 19.7 Å². The van der Waals surface area contributed by atoms with E-state index in [1.54, 1.807) is 21.8 Å². The van der Waals surface area contributed by atoms with E-state index < -0.39 is 44.7 Å². The number of ether oxygens (including phenoxy) is 2. The number of likely N-dealkylation sites (tertiary alicyclic amines) is 1. The van der Waals surface area contributed by atoms with E-state index in [0.717, 1.165) is 26.4 Å². The van der Waals surface area contributed by atoms with Gasteiger partial charge < -0.3 is 19.7 Å². The van der Waals surface area contributed by atoms with Gasteiger partial charge in [0, 0.05) is 74.4 Å². The molecule has 0 spiro atoms. The summed E-state index contributed by atoms with van der Waals surface area (Å²) in [7, 11) is -2.56. The lowest BCUT2D eigenvalue weighted by molar-refractivity contribution is -0.130. The highest BCUT2D eigenvalue weighted by atomic mass is 32.2. The number of pyridine rings is 1. The van der Waals surface area contributed by atoms with Crippen LogP contribution >= 0.6 is 0 Å². The van der Waals surface area contributed by atoms with Crippen molar-refractivity contribution in [3.63, 3.8) is 0 Å². The summed E-state index contributed by atoms with van der Waals surface area (Å²) in [6.07, 6.45) is 0.566. The Hall–Kier alpha value is -4.47. The highest BCUT2D eigenvalue weighted by Crippen LogP contribution is 2.38. The second-order valence-electron chi connectivity index (χ2n) is 13.1. The minimum atomic E-state index is -4.70. The molecule has 1 fully saturated rings. The van der Waals surface area contributed by atoms with Crippen molar-refractivity contribution in [3.05, 3.63) is 77.9 Å². The number of nitrogens with zero attached hydrogens (tertiary/aromatic N) is 4. The van der Waals surface area contributed by atoms with Crippen LogP contribution in [0.2, 0.25) is 0 Å². The third-order valence-corrected chi connectivity index (χ3v) is 9.76. The zero-order valence-electron chi connectivity index (χ0n) is 28.7. The number of carbonyl (C=O) groups excluding carboxylic acids is 1. The SMILES string of the molecule is COC(F)c1ccc(C(F)OC)c(S(=O)(=O)Nc2cccc(-c3nn(C4CCN(C(C)=O)CC4)cc3-c3ccnc(NC(C)(C)C)c3)c2F)c1. The van der Waals surface area contributed by atoms with Gasteiger partial charge in [-0.2, -0.15) is 5.10 Å². The number of hydrogen-bond acceptors (Lipinski definition) is 8. The number of amides is 1. The molecule has 11 nitrogen and oxygen atoms in total. The lowest BCUT2D eigenvalue weighted by atomic mass is 10.0. The van der Waals surface area contributed by atoms with Gasteiger partial charge in [0.2, 0.25) is 18.6 Å². The Balaban J connectivity index is 1.59. The lowest BCUT2D eigenvalue weighted by Crippen LogP contribution is -2.37. The van der Waals surface area contributed by atoms with Gasteiger partial charge in [0.05, 0.1) is 16.6 Å². The van der Waals surface area contributed by atoms with Crippen LogP contribution in [0.1, 0.15) is 70.4 Å². The first-order valence-electron chi connectivity index (χ1n) is 16.0. The van der Waals surface area contributed by atoms with Crippen molar-refractivity contribution < 1.29 is 35.9 Å². The quantitative estimate of drug-likeness (QED) is 0.167. The molecular weight excluding hydrogens is 673 g/mol. The molecule has 2 aromatic heterocycles. The van der Waals surface area contributed by atoms with E-state index in [0.29, 0.717) is 42.9 Å². The van der Waals surface area contributed by atoms with E-state index in [2.05, 4.69) is 19.8 Å². The molecule has 1 saturated heterocycles. The number of aromatic nitrogens is 3. The standard InChI is InChI=1S/C35H41F3N6O5S/c1-21(45)43-16-13-24(14-17-43)44-20-27(22-12-15-39-30(19-22)40-35(2,3)4)32(41-44)26-8-7-9-28(31(26)36)42-50(46,47)29-18-23(33(37)48-5)10-11-25(29)34(38)49-6/h7-12,15,18-20,24,33-34,42H,13-14,16-17H2,1-6H3,(H,39,40). The van der Waals surface area contributed by atoms with Gasteiger partial charge in [0.25, 0.3) is 10.0 Å². The Morgan fingerprint density at radius 1 is 1.00 bits per heavy atom. The van der Waals surface area contributed by atoms with Crippen molar-refractivity contribution >= 4 is 27.4 Å². The van der Waals surface area contributed by atoms with Crippen LogP contribution in [-0.2, 0) is 24.3 Å². The van der Waals surface area contributed by atoms with E-state index in [1.807, 2.05) is 33.0 Å². The van der Waals surface area contributed by atoms with E-state index in [-0.39, 0.29) is 34.3 Å². The first kappa shape index (κ1) is 36.8. The smallest absolute Gasteiger partial charge is 0.262 e. The van der Waals surface area contributed by atoms with E-state index >= 15 is 4.39 Å².